The van der Waals surface area contributed by atoms with Crippen LogP contribution in [-0.4, -0.2) is 50.8 Å². The fourth-order valence-electron chi connectivity index (χ4n) is 1.84. The number of aromatic hydroxyl groups is 1. The van der Waals surface area contributed by atoms with Crippen LogP contribution >= 0.6 is 23.4 Å². The van der Waals surface area contributed by atoms with Crippen LogP contribution in [-0.2, 0) is 14.4 Å². The topological polar surface area (TPSA) is 133 Å². The van der Waals surface area contributed by atoms with E-state index in [1.807, 2.05) is 0 Å². The number of ether oxygens (including phenoxy) is 1. The standard InChI is InChI=1S/C15H18ClNO7S/c1-7-10(6-9(17-8(2)18)12(19)11(7)16)24-4-3-5-25-13(14(20)21)15(22)23/h6,13,19H,3-5H2,1-2H3,(H,17,18)(H,20,21)(H,22,23). The maximum Gasteiger partial charge on any atom is 0.328 e. The third kappa shape index (κ3) is 6.02. The molecule has 0 atom stereocenters. The van der Waals surface area contributed by atoms with Gasteiger partial charge in [0.2, 0.25) is 5.91 Å². The predicted molar refractivity (Wildman–Crippen MR) is 93.8 cm³/mol. The average Bonchev–Trinajstić information content (AvgIpc) is 2.51. The molecule has 0 unspecified atom stereocenters. The number of nitrogens with one attached hydrogen (secondary N) is 1. The molecule has 0 saturated heterocycles. The summed E-state index contributed by atoms with van der Waals surface area (Å²) >= 11 is 6.80. The van der Waals surface area contributed by atoms with Crippen molar-refractivity contribution in [1.29, 1.82) is 0 Å². The van der Waals surface area contributed by atoms with E-state index in [2.05, 4.69) is 5.32 Å². The Bertz CT molecular complexity index is 666. The summed E-state index contributed by atoms with van der Waals surface area (Å²) in [6.45, 7) is 3.10. The van der Waals surface area contributed by atoms with E-state index in [-0.39, 0.29) is 34.7 Å². The van der Waals surface area contributed by atoms with Gasteiger partial charge in [0.25, 0.3) is 0 Å². The molecule has 1 rings (SSSR count). The number of carbonyl (C=O) groups is 3. The summed E-state index contributed by atoms with van der Waals surface area (Å²) in [4.78, 5) is 32.7. The van der Waals surface area contributed by atoms with Crippen molar-refractivity contribution in [3.63, 3.8) is 0 Å². The van der Waals surface area contributed by atoms with Crippen molar-refractivity contribution in [2.45, 2.75) is 25.5 Å². The number of hydrogen-bond donors (Lipinski definition) is 4. The number of phenols is 1. The number of rotatable bonds is 9. The first kappa shape index (κ1) is 20.9. The van der Waals surface area contributed by atoms with Crippen LogP contribution in [0.15, 0.2) is 6.07 Å². The summed E-state index contributed by atoms with van der Waals surface area (Å²) in [5, 5.41) is 28.4. The van der Waals surface area contributed by atoms with Gasteiger partial charge in [-0.1, -0.05) is 11.6 Å². The molecule has 138 valence electrons. The molecule has 0 aliphatic heterocycles. The fraction of sp³-hybridized carbons (Fsp3) is 0.400. The average molecular weight is 392 g/mol. The summed E-state index contributed by atoms with van der Waals surface area (Å²) in [6.07, 6.45) is 0.398. The van der Waals surface area contributed by atoms with Gasteiger partial charge in [0.15, 0.2) is 11.0 Å². The number of amides is 1. The second kappa shape index (κ2) is 9.38. The SMILES string of the molecule is CC(=O)Nc1cc(OCCCSC(C(=O)O)C(=O)O)c(C)c(Cl)c1O. The van der Waals surface area contributed by atoms with Crippen LogP contribution in [0.4, 0.5) is 5.69 Å². The van der Waals surface area contributed by atoms with Crippen molar-refractivity contribution in [3.8, 4) is 11.5 Å². The van der Waals surface area contributed by atoms with Crippen molar-refractivity contribution in [3.05, 3.63) is 16.7 Å². The molecule has 0 saturated carbocycles. The number of aliphatic carboxylic acids is 2. The number of halogens is 1. The van der Waals surface area contributed by atoms with Crippen molar-refractivity contribution in [2.24, 2.45) is 0 Å². The molecule has 0 aromatic heterocycles. The lowest BCUT2D eigenvalue weighted by molar-refractivity contribution is -0.146. The molecule has 0 aliphatic carbocycles. The lowest BCUT2D eigenvalue weighted by Crippen LogP contribution is -2.26. The van der Waals surface area contributed by atoms with Gasteiger partial charge in [0, 0.05) is 18.6 Å². The Morgan fingerprint density at radius 3 is 2.44 bits per heavy atom. The van der Waals surface area contributed by atoms with Gasteiger partial charge in [-0.25, -0.2) is 0 Å². The van der Waals surface area contributed by atoms with Crippen LogP contribution in [0.2, 0.25) is 5.02 Å². The Kier molecular flexibility index (Phi) is 7.85. The van der Waals surface area contributed by atoms with Crippen LogP contribution < -0.4 is 10.1 Å². The third-order valence-electron chi connectivity index (χ3n) is 3.03. The fourth-order valence-corrected chi connectivity index (χ4v) is 2.84. The molecule has 1 amide bonds. The second-order valence-electron chi connectivity index (χ2n) is 5.02. The van der Waals surface area contributed by atoms with E-state index in [4.69, 9.17) is 26.6 Å². The highest BCUT2D eigenvalue weighted by atomic mass is 35.5. The highest BCUT2D eigenvalue weighted by Gasteiger charge is 2.25. The number of thioether (sulfide) groups is 1. The van der Waals surface area contributed by atoms with Gasteiger partial charge in [-0.2, -0.15) is 0 Å². The molecule has 25 heavy (non-hydrogen) atoms. The zero-order valence-corrected chi connectivity index (χ0v) is 15.1. The highest BCUT2D eigenvalue weighted by molar-refractivity contribution is 8.01. The third-order valence-corrected chi connectivity index (χ3v) is 4.75. The van der Waals surface area contributed by atoms with Crippen LogP contribution in [0.3, 0.4) is 0 Å². The molecule has 0 aliphatic rings. The Labute approximate surface area is 153 Å². The predicted octanol–water partition coefficient (Wildman–Crippen LogP) is 2.35. The largest absolute Gasteiger partial charge is 0.504 e. The summed E-state index contributed by atoms with van der Waals surface area (Å²) in [7, 11) is 0. The summed E-state index contributed by atoms with van der Waals surface area (Å²) in [5.74, 6) is -2.83. The van der Waals surface area contributed by atoms with E-state index in [0.29, 0.717) is 17.7 Å². The number of benzene rings is 1. The van der Waals surface area contributed by atoms with E-state index in [0.717, 1.165) is 11.8 Å². The number of anilines is 1. The maximum absolute atomic E-state index is 11.1. The van der Waals surface area contributed by atoms with Crippen molar-refractivity contribution >= 4 is 46.9 Å². The first-order valence-electron chi connectivity index (χ1n) is 7.14. The Balaban J connectivity index is 2.65. The van der Waals surface area contributed by atoms with Crippen molar-refractivity contribution < 1.29 is 34.4 Å². The molecule has 0 spiro atoms. The highest BCUT2D eigenvalue weighted by Crippen LogP contribution is 2.40. The van der Waals surface area contributed by atoms with Gasteiger partial charge >= 0.3 is 11.9 Å². The number of hydrogen-bond acceptors (Lipinski definition) is 6. The van der Waals surface area contributed by atoms with E-state index in [1.54, 1.807) is 6.92 Å². The minimum atomic E-state index is -1.52. The lowest BCUT2D eigenvalue weighted by atomic mass is 10.1. The molecular weight excluding hydrogens is 374 g/mol. The minimum Gasteiger partial charge on any atom is -0.504 e. The van der Waals surface area contributed by atoms with Crippen LogP contribution in [0.1, 0.15) is 18.9 Å². The molecule has 0 fully saturated rings. The molecule has 0 heterocycles. The summed E-state index contributed by atoms with van der Waals surface area (Å²) in [5.41, 5.74) is 0.596. The molecule has 0 bridgehead atoms. The molecule has 4 N–H and O–H groups in total. The Morgan fingerprint density at radius 2 is 1.92 bits per heavy atom. The van der Waals surface area contributed by atoms with E-state index >= 15 is 0 Å². The van der Waals surface area contributed by atoms with Crippen molar-refractivity contribution in [1.82, 2.24) is 0 Å². The maximum atomic E-state index is 11.1. The van der Waals surface area contributed by atoms with E-state index in [9.17, 15) is 19.5 Å². The smallest absolute Gasteiger partial charge is 0.328 e. The Hall–Kier alpha value is -2.13. The number of carboxylic acid groups (broad SMARTS) is 2. The van der Waals surface area contributed by atoms with Gasteiger partial charge in [0.05, 0.1) is 17.3 Å². The molecule has 0 radical (unpaired) electrons. The molecule has 1 aromatic carbocycles. The van der Waals surface area contributed by atoms with Gasteiger partial charge in [0.1, 0.15) is 5.75 Å². The first-order valence-corrected chi connectivity index (χ1v) is 8.57. The first-order chi connectivity index (χ1) is 11.6. The summed E-state index contributed by atoms with van der Waals surface area (Å²) < 4.78 is 5.54. The summed E-state index contributed by atoms with van der Waals surface area (Å²) in [6, 6.07) is 1.43. The van der Waals surface area contributed by atoms with Crippen LogP contribution in [0, 0.1) is 6.92 Å². The monoisotopic (exact) mass is 391 g/mol. The van der Waals surface area contributed by atoms with E-state index in [1.165, 1.54) is 13.0 Å². The zero-order valence-electron chi connectivity index (χ0n) is 13.5. The minimum absolute atomic E-state index is 0.0486. The normalized spacial score (nSPS) is 10.6. The van der Waals surface area contributed by atoms with Crippen LogP contribution in [0.25, 0.3) is 0 Å². The van der Waals surface area contributed by atoms with Gasteiger partial charge in [-0.3, -0.25) is 14.4 Å². The Morgan fingerprint density at radius 1 is 1.32 bits per heavy atom. The van der Waals surface area contributed by atoms with Crippen LogP contribution in [0.5, 0.6) is 11.5 Å². The lowest BCUT2D eigenvalue weighted by Gasteiger charge is -2.15. The van der Waals surface area contributed by atoms with E-state index < -0.39 is 17.2 Å². The van der Waals surface area contributed by atoms with Gasteiger partial charge < -0.3 is 25.4 Å². The number of carbonyl (C=O) groups excluding carboxylic acids is 1. The zero-order chi connectivity index (χ0) is 19.1. The second-order valence-corrected chi connectivity index (χ2v) is 6.61. The molecule has 1 aromatic rings. The molecule has 8 nitrogen and oxygen atoms in total. The number of carboxylic acids is 2. The molecular formula is C15H18ClNO7S. The van der Waals surface area contributed by atoms with Gasteiger partial charge in [-0.05, 0) is 19.1 Å². The quantitative estimate of drug-likeness (QED) is 0.286. The molecule has 10 heteroatoms. The van der Waals surface area contributed by atoms with Crippen molar-refractivity contribution in [2.75, 3.05) is 17.7 Å². The number of phenolic OH excluding ortho intramolecular Hbond substituents is 1. The van der Waals surface area contributed by atoms with Gasteiger partial charge in [-0.15, -0.1) is 11.8 Å².